The van der Waals surface area contributed by atoms with Gasteiger partial charge in [0, 0.05) is 25.7 Å². The lowest BCUT2D eigenvalue weighted by atomic mass is 9.91. The first-order valence-corrected chi connectivity index (χ1v) is 7.79. The first-order chi connectivity index (χ1) is 9.39. The van der Waals surface area contributed by atoms with Crippen molar-refractivity contribution in [3.63, 3.8) is 0 Å². The fraction of sp³-hybridized carbons (Fsp3) is 0.933. The molecule has 1 aliphatic heterocycles. The molecule has 0 spiro atoms. The minimum absolute atomic E-state index is 0.253. The third-order valence-corrected chi connectivity index (χ3v) is 4.12. The van der Waals surface area contributed by atoms with Crippen LogP contribution in [-0.2, 0) is 9.53 Å². The van der Waals surface area contributed by atoms with Crippen LogP contribution in [0, 0.1) is 0 Å². The van der Waals surface area contributed by atoms with Crippen LogP contribution in [0.5, 0.6) is 0 Å². The number of primary amides is 1. The molecule has 1 aliphatic rings. The fourth-order valence-corrected chi connectivity index (χ4v) is 2.81. The number of hydrogen-bond acceptors (Lipinski definition) is 4. The largest absolute Gasteiger partial charge is 0.377 e. The number of nitrogens with zero attached hydrogens (tertiary/aromatic N) is 1. The van der Waals surface area contributed by atoms with E-state index in [1.807, 2.05) is 6.92 Å². The molecular weight excluding hydrogens is 254 g/mol. The molecule has 1 heterocycles. The highest BCUT2D eigenvalue weighted by Gasteiger charge is 2.34. The van der Waals surface area contributed by atoms with E-state index in [9.17, 15) is 4.79 Å². The van der Waals surface area contributed by atoms with E-state index in [0.29, 0.717) is 6.04 Å². The van der Waals surface area contributed by atoms with Gasteiger partial charge >= 0.3 is 0 Å². The average Bonchev–Trinajstić information content (AvgIpc) is 2.61. The number of nitrogens with one attached hydrogen (secondary N) is 1. The van der Waals surface area contributed by atoms with E-state index in [2.05, 4.69) is 31.0 Å². The average molecular weight is 285 g/mol. The fourth-order valence-electron chi connectivity index (χ4n) is 2.81. The van der Waals surface area contributed by atoms with Crippen LogP contribution < -0.4 is 11.1 Å². The van der Waals surface area contributed by atoms with Crippen molar-refractivity contribution in [3.05, 3.63) is 0 Å². The zero-order valence-electron chi connectivity index (χ0n) is 13.4. The summed E-state index contributed by atoms with van der Waals surface area (Å²) in [7, 11) is 0. The molecule has 1 saturated heterocycles. The summed E-state index contributed by atoms with van der Waals surface area (Å²) >= 11 is 0. The van der Waals surface area contributed by atoms with Crippen LogP contribution in [0.15, 0.2) is 0 Å². The molecule has 0 aromatic heterocycles. The van der Waals surface area contributed by atoms with Crippen LogP contribution in [0.25, 0.3) is 0 Å². The maximum absolute atomic E-state index is 11.8. The lowest BCUT2D eigenvalue weighted by Gasteiger charge is -2.36. The minimum atomic E-state index is -0.633. The van der Waals surface area contributed by atoms with Gasteiger partial charge in [0.25, 0.3) is 0 Å². The standard InChI is InChI=1S/C15H31N3O2/c1-5-7-17-15(4,14(16)19)10-12(2)18-8-6-9-20-13(3)11-18/h12-13,17H,5-11H2,1-4H3,(H2,16,19). The van der Waals surface area contributed by atoms with Gasteiger partial charge in [0.15, 0.2) is 0 Å². The van der Waals surface area contributed by atoms with Gasteiger partial charge in [-0.1, -0.05) is 6.92 Å². The number of carbonyl (C=O) groups excluding carboxylic acids is 1. The van der Waals surface area contributed by atoms with Crippen molar-refractivity contribution in [2.75, 3.05) is 26.2 Å². The summed E-state index contributed by atoms with van der Waals surface area (Å²) in [6.07, 6.45) is 3.02. The summed E-state index contributed by atoms with van der Waals surface area (Å²) in [6, 6.07) is 0.306. The SMILES string of the molecule is CCCNC(C)(CC(C)N1CCCOC(C)C1)C(N)=O. The molecule has 5 nitrogen and oxygen atoms in total. The number of nitrogens with two attached hydrogens (primary N) is 1. The van der Waals surface area contributed by atoms with Gasteiger partial charge < -0.3 is 15.8 Å². The molecule has 3 N–H and O–H groups in total. The molecule has 1 fully saturated rings. The highest BCUT2D eigenvalue weighted by Crippen LogP contribution is 2.19. The van der Waals surface area contributed by atoms with Crippen LogP contribution in [0.1, 0.15) is 47.0 Å². The second kappa shape index (κ2) is 7.96. The molecular formula is C15H31N3O2. The zero-order valence-corrected chi connectivity index (χ0v) is 13.4. The summed E-state index contributed by atoms with van der Waals surface area (Å²) < 4.78 is 5.68. The number of carbonyl (C=O) groups is 1. The normalized spacial score (nSPS) is 25.7. The third kappa shape index (κ3) is 5.04. The Morgan fingerprint density at radius 2 is 2.30 bits per heavy atom. The van der Waals surface area contributed by atoms with Crippen molar-refractivity contribution in [2.24, 2.45) is 5.73 Å². The highest BCUT2D eigenvalue weighted by molar-refractivity contribution is 5.84. The summed E-state index contributed by atoms with van der Waals surface area (Å²) in [5, 5.41) is 3.31. The molecule has 0 radical (unpaired) electrons. The summed E-state index contributed by atoms with van der Waals surface area (Å²) in [5.41, 5.74) is 4.97. The Kier molecular flexibility index (Phi) is 6.92. The Hall–Kier alpha value is -0.650. The molecule has 3 unspecified atom stereocenters. The maximum atomic E-state index is 11.8. The van der Waals surface area contributed by atoms with E-state index in [0.717, 1.165) is 45.5 Å². The molecule has 5 heteroatoms. The predicted molar refractivity (Wildman–Crippen MR) is 81.6 cm³/mol. The highest BCUT2D eigenvalue weighted by atomic mass is 16.5. The van der Waals surface area contributed by atoms with Crippen LogP contribution in [0.4, 0.5) is 0 Å². The Labute approximate surface area is 123 Å². The van der Waals surface area contributed by atoms with Crippen molar-refractivity contribution in [1.29, 1.82) is 0 Å². The number of hydrogen-bond donors (Lipinski definition) is 2. The van der Waals surface area contributed by atoms with Gasteiger partial charge in [0.1, 0.15) is 0 Å². The van der Waals surface area contributed by atoms with Crippen molar-refractivity contribution < 1.29 is 9.53 Å². The van der Waals surface area contributed by atoms with E-state index in [1.54, 1.807) is 0 Å². The van der Waals surface area contributed by atoms with Crippen LogP contribution in [-0.4, -0.2) is 54.7 Å². The van der Waals surface area contributed by atoms with Crippen LogP contribution in [0.2, 0.25) is 0 Å². The van der Waals surface area contributed by atoms with Gasteiger partial charge in [-0.2, -0.15) is 0 Å². The second-order valence-corrected chi connectivity index (χ2v) is 6.21. The molecule has 0 bridgehead atoms. The third-order valence-electron chi connectivity index (χ3n) is 4.12. The molecule has 0 saturated carbocycles. The van der Waals surface area contributed by atoms with E-state index in [4.69, 9.17) is 10.5 Å². The lowest BCUT2D eigenvalue weighted by molar-refractivity contribution is -0.124. The van der Waals surface area contributed by atoms with Crippen molar-refractivity contribution in [2.45, 2.75) is 64.6 Å². The first-order valence-electron chi connectivity index (χ1n) is 7.79. The molecule has 1 amide bonds. The monoisotopic (exact) mass is 285 g/mol. The quantitative estimate of drug-likeness (QED) is 0.735. The molecule has 3 atom stereocenters. The molecule has 0 aliphatic carbocycles. The van der Waals surface area contributed by atoms with Crippen LogP contribution >= 0.6 is 0 Å². The van der Waals surface area contributed by atoms with Crippen molar-refractivity contribution >= 4 is 5.91 Å². The molecule has 0 aromatic carbocycles. The van der Waals surface area contributed by atoms with Gasteiger partial charge in [0.05, 0.1) is 11.6 Å². The second-order valence-electron chi connectivity index (χ2n) is 6.21. The number of ether oxygens (including phenoxy) is 1. The lowest BCUT2D eigenvalue weighted by Crippen LogP contribution is -2.56. The van der Waals surface area contributed by atoms with E-state index in [1.165, 1.54) is 0 Å². The van der Waals surface area contributed by atoms with Gasteiger partial charge in [-0.25, -0.2) is 0 Å². The van der Waals surface area contributed by atoms with Crippen molar-refractivity contribution in [1.82, 2.24) is 10.2 Å². The number of rotatable bonds is 7. The summed E-state index contributed by atoms with van der Waals surface area (Å²) in [6.45, 7) is 11.9. The van der Waals surface area contributed by atoms with Gasteiger partial charge in [-0.15, -0.1) is 0 Å². The minimum Gasteiger partial charge on any atom is -0.377 e. The first kappa shape index (κ1) is 17.4. The smallest absolute Gasteiger partial charge is 0.237 e. The Balaban J connectivity index is 2.64. The molecule has 0 aromatic rings. The van der Waals surface area contributed by atoms with Crippen molar-refractivity contribution in [3.8, 4) is 0 Å². The summed E-state index contributed by atoms with van der Waals surface area (Å²) in [5.74, 6) is -0.267. The maximum Gasteiger partial charge on any atom is 0.237 e. The topological polar surface area (TPSA) is 67.6 Å². The van der Waals surface area contributed by atoms with Gasteiger partial charge in [0.2, 0.25) is 5.91 Å². The predicted octanol–water partition coefficient (Wildman–Crippen LogP) is 1.12. The van der Waals surface area contributed by atoms with E-state index < -0.39 is 5.54 Å². The zero-order chi connectivity index (χ0) is 15.2. The number of amides is 1. The Bertz CT molecular complexity index is 311. The Morgan fingerprint density at radius 1 is 1.60 bits per heavy atom. The van der Waals surface area contributed by atoms with Gasteiger partial charge in [-0.3, -0.25) is 9.69 Å². The summed E-state index contributed by atoms with van der Waals surface area (Å²) in [4.78, 5) is 14.2. The van der Waals surface area contributed by atoms with Gasteiger partial charge in [-0.05, 0) is 46.6 Å². The van der Waals surface area contributed by atoms with Crippen LogP contribution in [0.3, 0.4) is 0 Å². The Morgan fingerprint density at radius 3 is 2.90 bits per heavy atom. The van der Waals surface area contributed by atoms with E-state index in [-0.39, 0.29) is 12.0 Å². The van der Waals surface area contributed by atoms with E-state index >= 15 is 0 Å². The molecule has 118 valence electrons. The molecule has 20 heavy (non-hydrogen) atoms. The molecule has 1 rings (SSSR count).